The fourth-order valence-corrected chi connectivity index (χ4v) is 5.09. The van der Waals surface area contributed by atoms with Gasteiger partial charge in [0, 0.05) is 19.1 Å². The van der Waals surface area contributed by atoms with E-state index >= 15 is 0 Å². The molecule has 0 aromatic heterocycles. The predicted octanol–water partition coefficient (Wildman–Crippen LogP) is 1.42. The Bertz CT molecular complexity index is 753. The zero-order valence-electron chi connectivity index (χ0n) is 14.8. The number of aromatic hydroxyl groups is 1. The van der Waals surface area contributed by atoms with Crippen LogP contribution < -0.4 is 10.5 Å². The molecule has 1 aliphatic heterocycles. The number of phenolic OH excluding ortho intramolecular Hbond substituents is 1. The number of rotatable bonds is 5. The molecule has 7 nitrogen and oxygen atoms in total. The zero-order chi connectivity index (χ0) is 18.7. The van der Waals surface area contributed by atoms with Crippen LogP contribution in [0.2, 0.25) is 0 Å². The van der Waals surface area contributed by atoms with Gasteiger partial charge >= 0.3 is 6.03 Å². The lowest BCUT2D eigenvalue weighted by Crippen LogP contribution is -2.43. The maximum Gasteiger partial charge on any atom is 0.317 e. The van der Waals surface area contributed by atoms with Crippen molar-refractivity contribution in [1.29, 1.82) is 0 Å². The average Bonchev–Trinajstić information content (AvgIpc) is 3.18. The number of nitrogens with one attached hydrogen (secondary N) is 1. The summed E-state index contributed by atoms with van der Waals surface area (Å²) in [6, 6.07) is 7.26. The monoisotopic (exact) mass is 381 g/mol. The first kappa shape index (κ1) is 19.0. The molecule has 3 atom stereocenters. The van der Waals surface area contributed by atoms with Gasteiger partial charge in [0.05, 0.1) is 5.75 Å². The molecule has 1 unspecified atom stereocenters. The van der Waals surface area contributed by atoms with E-state index < -0.39 is 10.0 Å². The number of hydrogen-bond acceptors (Lipinski definition) is 4. The van der Waals surface area contributed by atoms with Crippen molar-refractivity contribution in [3.63, 3.8) is 0 Å². The molecule has 1 aromatic carbocycles. The van der Waals surface area contributed by atoms with Gasteiger partial charge in [-0.1, -0.05) is 18.2 Å². The van der Waals surface area contributed by atoms with Crippen LogP contribution in [0.4, 0.5) is 4.79 Å². The molecule has 0 spiro atoms. The number of carbonyl (C=O) groups excluding carboxylic acids is 1. The molecule has 1 saturated heterocycles. The van der Waals surface area contributed by atoms with Gasteiger partial charge < -0.3 is 15.3 Å². The van der Waals surface area contributed by atoms with Crippen LogP contribution >= 0.6 is 0 Å². The Morgan fingerprint density at radius 3 is 2.73 bits per heavy atom. The molecular weight excluding hydrogens is 354 g/mol. The number of benzene rings is 1. The molecule has 26 heavy (non-hydrogen) atoms. The van der Waals surface area contributed by atoms with Crippen LogP contribution in [0.25, 0.3) is 0 Å². The lowest BCUT2D eigenvalue weighted by atomic mass is 9.98. The van der Waals surface area contributed by atoms with Crippen molar-refractivity contribution in [3.05, 3.63) is 29.8 Å². The summed E-state index contributed by atoms with van der Waals surface area (Å²) in [5.74, 6) is 0.670. The first-order valence-corrected chi connectivity index (χ1v) is 10.8. The van der Waals surface area contributed by atoms with Gasteiger partial charge in [0.2, 0.25) is 10.0 Å². The second-order valence-corrected chi connectivity index (χ2v) is 9.25. The summed E-state index contributed by atoms with van der Waals surface area (Å²) in [6.07, 6.45) is 3.91. The summed E-state index contributed by atoms with van der Waals surface area (Å²) >= 11 is 0. The highest BCUT2D eigenvalue weighted by Gasteiger charge is 2.32. The Hall–Kier alpha value is -1.80. The maximum atomic E-state index is 12.5. The number of likely N-dealkylation sites (tertiary alicyclic amines) is 1. The van der Waals surface area contributed by atoms with Crippen LogP contribution in [-0.2, 0) is 16.4 Å². The highest BCUT2D eigenvalue weighted by atomic mass is 32.2. The number of nitrogens with zero attached hydrogens (tertiary/aromatic N) is 1. The molecule has 4 N–H and O–H groups in total. The molecule has 3 rings (SSSR count). The number of phenols is 1. The Balaban J connectivity index is 1.46. The summed E-state index contributed by atoms with van der Waals surface area (Å²) in [5, 5.41) is 18.0. The van der Waals surface area contributed by atoms with Gasteiger partial charge in [-0.15, -0.1) is 0 Å². The van der Waals surface area contributed by atoms with E-state index in [1.807, 2.05) is 17.0 Å². The molecule has 8 heteroatoms. The molecule has 0 bridgehead atoms. The Kier molecular flexibility index (Phi) is 5.72. The van der Waals surface area contributed by atoms with Gasteiger partial charge in [0.25, 0.3) is 0 Å². The van der Waals surface area contributed by atoms with Gasteiger partial charge in [-0.3, -0.25) is 0 Å². The highest BCUT2D eigenvalue weighted by molar-refractivity contribution is 7.89. The van der Waals surface area contributed by atoms with Crippen LogP contribution in [0.1, 0.15) is 31.2 Å². The molecule has 2 fully saturated rings. The van der Waals surface area contributed by atoms with Crippen LogP contribution in [0, 0.1) is 11.8 Å². The van der Waals surface area contributed by atoms with Crippen molar-refractivity contribution in [3.8, 4) is 5.75 Å². The predicted molar refractivity (Wildman–Crippen MR) is 99.1 cm³/mol. The van der Waals surface area contributed by atoms with E-state index in [9.17, 15) is 18.3 Å². The molecule has 1 heterocycles. The number of carbonyl (C=O) groups is 1. The summed E-state index contributed by atoms with van der Waals surface area (Å²) < 4.78 is 22.4. The first-order chi connectivity index (χ1) is 12.3. The normalized spacial score (nSPS) is 26.2. The SMILES string of the molecule is NS(=O)(=O)C[C@@H]1CC[C@H](NC(=O)N2CCC(Cc3ccccc3O)C2)C1. The fraction of sp³-hybridized carbons (Fsp3) is 0.611. The molecule has 2 aliphatic rings. The molecule has 1 aromatic rings. The van der Waals surface area contributed by atoms with Crippen molar-refractivity contribution in [2.45, 2.75) is 38.1 Å². The van der Waals surface area contributed by atoms with Crippen molar-refractivity contribution in [2.75, 3.05) is 18.8 Å². The lowest BCUT2D eigenvalue weighted by molar-refractivity contribution is 0.202. The molecule has 0 radical (unpaired) electrons. The van der Waals surface area contributed by atoms with Gasteiger partial charge in [0.1, 0.15) is 5.75 Å². The maximum absolute atomic E-state index is 12.5. The van der Waals surface area contributed by atoms with E-state index in [0.717, 1.165) is 31.2 Å². The Morgan fingerprint density at radius 1 is 1.23 bits per heavy atom. The van der Waals surface area contributed by atoms with Crippen molar-refractivity contribution < 1.29 is 18.3 Å². The smallest absolute Gasteiger partial charge is 0.317 e. The van der Waals surface area contributed by atoms with E-state index in [4.69, 9.17) is 5.14 Å². The quantitative estimate of drug-likeness (QED) is 0.716. The van der Waals surface area contributed by atoms with Gasteiger partial charge in [-0.2, -0.15) is 0 Å². The van der Waals surface area contributed by atoms with Gasteiger partial charge in [-0.25, -0.2) is 18.4 Å². The number of primary sulfonamides is 1. The third kappa shape index (κ3) is 5.11. The second kappa shape index (κ2) is 7.84. The zero-order valence-corrected chi connectivity index (χ0v) is 15.6. The molecule has 2 amide bonds. The lowest BCUT2D eigenvalue weighted by Gasteiger charge is -2.21. The molecular formula is C18H27N3O4S. The topological polar surface area (TPSA) is 113 Å². The van der Waals surface area contributed by atoms with E-state index in [0.29, 0.717) is 31.2 Å². The number of sulfonamides is 1. The number of nitrogens with two attached hydrogens (primary N) is 1. The Labute approximate surface area is 154 Å². The van der Waals surface area contributed by atoms with Gasteiger partial charge in [-0.05, 0) is 55.6 Å². The largest absolute Gasteiger partial charge is 0.508 e. The van der Waals surface area contributed by atoms with E-state index in [-0.39, 0.29) is 23.7 Å². The molecule has 1 aliphatic carbocycles. The number of urea groups is 1. The van der Waals surface area contributed by atoms with E-state index in [1.54, 1.807) is 12.1 Å². The van der Waals surface area contributed by atoms with Crippen LogP contribution in [-0.4, -0.2) is 49.3 Å². The second-order valence-electron chi connectivity index (χ2n) is 7.59. The third-order valence-electron chi connectivity index (χ3n) is 5.41. The number of para-hydroxylation sites is 1. The highest BCUT2D eigenvalue weighted by Crippen LogP contribution is 2.28. The van der Waals surface area contributed by atoms with Crippen LogP contribution in [0.5, 0.6) is 5.75 Å². The third-order valence-corrected chi connectivity index (χ3v) is 6.35. The van der Waals surface area contributed by atoms with Crippen molar-refractivity contribution >= 4 is 16.1 Å². The summed E-state index contributed by atoms with van der Waals surface area (Å²) in [4.78, 5) is 14.3. The van der Waals surface area contributed by atoms with Gasteiger partial charge in [0.15, 0.2) is 0 Å². The van der Waals surface area contributed by atoms with E-state index in [1.165, 1.54) is 0 Å². The summed E-state index contributed by atoms with van der Waals surface area (Å²) in [7, 11) is -3.46. The van der Waals surface area contributed by atoms with Crippen LogP contribution in [0.15, 0.2) is 24.3 Å². The minimum absolute atomic E-state index is 0.00821. The summed E-state index contributed by atoms with van der Waals surface area (Å²) in [5.41, 5.74) is 0.918. The minimum atomic E-state index is -3.46. The van der Waals surface area contributed by atoms with Crippen LogP contribution in [0.3, 0.4) is 0 Å². The summed E-state index contributed by atoms with van der Waals surface area (Å²) in [6.45, 7) is 1.38. The number of amides is 2. The van der Waals surface area contributed by atoms with Crippen molar-refractivity contribution in [2.24, 2.45) is 17.0 Å². The first-order valence-electron chi connectivity index (χ1n) is 9.13. The minimum Gasteiger partial charge on any atom is -0.508 e. The van der Waals surface area contributed by atoms with E-state index in [2.05, 4.69) is 5.32 Å². The number of hydrogen-bond donors (Lipinski definition) is 3. The van der Waals surface area contributed by atoms with Crippen molar-refractivity contribution in [1.82, 2.24) is 10.2 Å². The molecule has 1 saturated carbocycles. The fourth-order valence-electron chi connectivity index (χ4n) is 4.13. The Morgan fingerprint density at radius 2 is 2.00 bits per heavy atom. The molecule has 144 valence electrons. The average molecular weight is 381 g/mol. The standard InChI is InChI=1S/C18H27N3O4S/c19-26(24,25)12-14-5-6-16(10-14)20-18(23)21-8-7-13(11-21)9-15-3-1-2-4-17(15)22/h1-4,13-14,16,22H,5-12H2,(H,20,23)(H2,19,24,25)/t13?,14-,16+/m1/s1.